The Kier molecular flexibility index (Phi) is 4.70. The molecule has 0 aliphatic carbocycles. The van der Waals surface area contributed by atoms with E-state index in [1.54, 1.807) is 25.1 Å². The normalized spacial score (nSPS) is 10.0. The molecule has 118 valence electrons. The summed E-state index contributed by atoms with van der Waals surface area (Å²) in [5, 5.41) is 16.0. The summed E-state index contributed by atoms with van der Waals surface area (Å²) in [4.78, 5) is 33.3. The minimum atomic E-state index is -0.521. The molecule has 0 saturated carbocycles. The van der Waals surface area contributed by atoms with E-state index in [0.29, 0.717) is 16.9 Å². The highest BCUT2D eigenvalue weighted by atomic mass is 16.6. The average molecular weight is 313 g/mol. The van der Waals surface area contributed by atoms with Crippen LogP contribution in [0.3, 0.4) is 0 Å². The molecule has 2 aromatic carbocycles. The standard InChI is InChI=1S/C16H15N3O4/c1-10-9-13(17-11(2)20)5-8-15(10)18-16(21)12-3-6-14(7-4-12)19(22)23/h3-9H,1-2H3,(H,17,20)(H,18,21). The van der Waals surface area contributed by atoms with E-state index < -0.39 is 4.92 Å². The Morgan fingerprint density at radius 2 is 1.70 bits per heavy atom. The van der Waals surface area contributed by atoms with Crippen molar-refractivity contribution in [3.05, 3.63) is 63.7 Å². The topological polar surface area (TPSA) is 101 Å². The first-order valence-corrected chi connectivity index (χ1v) is 6.81. The van der Waals surface area contributed by atoms with Gasteiger partial charge in [0, 0.05) is 36.0 Å². The Labute approximate surface area is 132 Å². The van der Waals surface area contributed by atoms with Crippen LogP contribution in [0.2, 0.25) is 0 Å². The van der Waals surface area contributed by atoms with Gasteiger partial charge in [0.2, 0.25) is 5.91 Å². The molecule has 0 saturated heterocycles. The Hall–Kier alpha value is -3.22. The van der Waals surface area contributed by atoms with Crippen LogP contribution in [0.5, 0.6) is 0 Å². The molecule has 0 unspecified atom stereocenters. The number of carbonyl (C=O) groups is 2. The molecule has 2 rings (SSSR count). The number of nitrogens with zero attached hydrogens (tertiary/aromatic N) is 1. The van der Waals surface area contributed by atoms with Crippen LogP contribution < -0.4 is 10.6 Å². The van der Waals surface area contributed by atoms with Gasteiger partial charge in [-0.3, -0.25) is 19.7 Å². The lowest BCUT2D eigenvalue weighted by Gasteiger charge is -2.10. The zero-order chi connectivity index (χ0) is 17.0. The molecule has 2 aromatic rings. The number of benzene rings is 2. The van der Waals surface area contributed by atoms with Crippen molar-refractivity contribution in [2.75, 3.05) is 10.6 Å². The van der Waals surface area contributed by atoms with Crippen LogP contribution in [-0.4, -0.2) is 16.7 Å². The summed E-state index contributed by atoms with van der Waals surface area (Å²) in [5.41, 5.74) is 2.27. The molecule has 0 heterocycles. The van der Waals surface area contributed by atoms with E-state index in [9.17, 15) is 19.7 Å². The molecular formula is C16H15N3O4. The third-order valence-corrected chi connectivity index (χ3v) is 3.14. The number of carbonyl (C=O) groups excluding carboxylic acids is 2. The number of hydrogen-bond donors (Lipinski definition) is 2. The van der Waals surface area contributed by atoms with Crippen LogP contribution in [0.15, 0.2) is 42.5 Å². The van der Waals surface area contributed by atoms with Crippen LogP contribution >= 0.6 is 0 Å². The molecule has 2 amide bonds. The second-order valence-electron chi connectivity index (χ2n) is 4.97. The Morgan fingerprint density at radius 1 is 1.04 bits per heavy atom. The predicted octanol–water partition coefficient (Wildman–Crippen LogP) is 3.11. The van der Waals surface area contributed by atoms with Gasteiger partial charge in [0.1, 0.15) is 0 Å². The summed E-state index contributed by atoms with van der Waals surface area (Å²) in [5.74, 6) is -0.539. The van der Waals surface area contributed by atoms with Gasteiger partial charge < -0.3 is 10.6 Å². The van der Waals surface area contributed by atoms with Gasteiger partial charge in [0.25, 0.3) is 11.6 Å². The number of rotatable bonds is 4. The average Bonchev–Trinajstić information content (AvgIpc) is 2.49. The van der Waals surface area contributed by atoms with Crippen molar-refractivity contribution in [3.8, 4) is 0 Å². The highest BCUT2D eigenvalue weighted by molar-refractivity contribution is 6.05. The highest BCUT2D eigenvalue weighted by Crippen LogP contribution is 2.21. The molecule has 0 atom stereocenters. The maximum Gasteiger partial charge on any atom is 0.269 e. The van der Waals surface area contributed by atoms with Crippen molar-refractivity contribution >= 4 is 28.9 Å². The Bertz CT molecular complexity index is 769. The van der Waals surface area contributed by atoms with E-state index in [4.69, 9.17) is 0 Å². The third-order valence-electron chi connectivity index (χ3n) is 3.14. The van der Waals surface area contributed by atoms with Gasteiger partial charge >= 0.3 is 0 Å². The second-order valence-corrected chi connectivity index (χ2v) is 4.97. The van der Waals surface area contributed by atoms with Gasteiger partial charge in [-0.15, -0.1) is 0 Å². The molecule has 0 radical (unpaired) electrons. The second kappa shape index (κ2) is 6.69. The van der Waals surface area contributed by atoms with Gasteiger partial charge in [-0.05, 0) is 42.8 Å². The van der Waals surface area contributed by atoms with Crippen molar-refractivity contribution in [2.45, 2.75) is 13.8 Å². The van der Waals surface area contributed by atoms with E-state index in [1.165, 1.54) is 31.2 Å². The van der Waals surface area contributed by atoms with Gasteiger partial charge in [-0.1, -0.05) is 0 Å². The first kappa shape index (κ1) is 16.2. The van der Waals surface area contributed by atoms with Crippen molar-refractivity contribution < 1.29 is 14.5 Å². The monoisotopic (exact) mass is 313 g/mol. The third kappa shape index (κ3) is 4.13. The van der Waals surface area contributed by atoms with Crippen LogP contribution in [-0.2, 0) is 4.79 Å². The number of anilines is 2. The van der Waals surface area contributed by atoms with Crippen molar-refractivity contribution in [2.24, 2.45) is 0 Å². The lowest BCUT2D eigenvalue weighted by molar-refractivity contribution is -0.384. The SMILES string of the molecule is CC(=O)Nc1ccc(NC(=O)c2ccc([N+](=O)[O-])cc2)c(C)c1. The molecule has 0 fully saturated rings. The largest absolute Gasteiger partial charge is 0.326 e. The maximum atomic E-state index is 12.2. The van der Waals surface area contributed by atoms with Crippen LogP contribution in [0.4, 0.5) is 17.1 Å². The zero-order valence-corrected chi connectivity index (χ0v) is 12.6. The molecule has 0 spiro atoms. The molecular weight excluding hydrogens is 298 g/mol. The number of nitro groups is 1. The maximum absolute atomic E-state index is 12.2. The highest BCUT2D eigenvalue weighted by Gasteiger charge is 2.11. The van der Waals surface area contributed by atoms with E-state index >= 15 is 0 Å². The van der Waals surface area contributed by atoms with E-state index in [2.05, 4.69) is 10.6 Å². The lowest BCUT2D eigenvalue weighted by atomic mass is 10.1. The number of aryl methyl sites for hydroxylation is 1. The molecule has 0 bridgehead atoms. The number of nitrogens with one attached hydrogen (secondary N) is 2. The molecule has 23 heavy (non-hydrogen) atoms. The summed E-state index contributed by atoms with van der Waals surface area (Å²) in [6.07, 6.45) is 0. The van der Waals surface area contributed by atoms with E-state index in [1.807, 2.05) is 0 Å². The van der Waals surface area contributed by atoms with E-state index in [-0.39, 0.29) is 17.5 Å². The van der Waals surface area contributed by atoms with E-state index in [0.717, 1.165) is 5.56 Å². The number of nitro benzene ring substituents is 1. The van der Waals surface area contributed by atoms with Crippen LogP contribution in [0.1, 0.15) is 22.8 Å². The van der Waals surface area contributed by atoms with Crippen LogP contribution in [0.25, 0.3) is 0 Å². The van der Waals surface area contributed by atoms with Crippen molar-refractivity contribution in [3.63, 3.8) is 0 Å². The smallest absolute Gasteiger partial charge is 0.269 e. The molecule has 2 N–H and O–H groups in total. The van der Waals surface area contributed by atoms with Gasteiger partial charge in [-0.25, -0.2) is 0 Å². The first-order valence-electron chi connectivity index (χ1n) is 6.81. The fraction of sp³-hybridized carbons (Fsp3) is 0.125. The number of hydrogen-bond acceptors (Lipinski definition) is 4. The summed E-state index contributed by atoms with van der Waals surface area (Å²) in [6.45, 7) is 3.22. The zero-order valence-electron chi connectivity index (χ0n) is 12.6. The molecule has 7 heteroatoms. The molecule has 0 aliphatic heterocycles. The number of amides is 2. The quantitative estimate of drug-likeness (QED) is 0.668. The Morgan fingerprint density at radius 3 is 2.22 bits per heavy atom. The summed E-state index contributed by atoms with van der Waals surface area (Å²) in [7, 11) is 0. The fourth-order valence-corrected chi connectivity index (χ4v) is 2.01. The van der Waals surface area contributed by atoms with Crippen LogP contribution in [0, 0.1) is 17.0 Å². The predicted molar refractivity (Wildman–Crippen MR) is 86.5 cm³/mol. The first-order chi connectivity index (χ1) is 10.9. The number of non-ortho nitro benzene ring substituents is 1. The van der Waals surface area contributed by atoms with Gasteiger partial charge in [0.05, 0.1) is 4.92 Å². The minimum absolute atomic E-state index is 0.0719. The lowest BCUT2D eigenvalue weighted by Crippen LogP contribution is -2.13. The fourth-order valence-electron chi connectivity index (χ4n) is 2.01. The summed E-state index contributed by atoms with van der Waals surface area (Å²) in [6, 6.07) is 10.5. The molecule has 7 nitrogen and oxygen atoms in total. The summed E-state index contributed by atoms with van der Waals surface area (Å²) < 4.78 is 0. The summed E-state index contributed by atoms with van der Waals surface area (Å²) >= 11 is 0. The Balaban J connectivity index is 2.13. The van der Waals surface area contributed by atoms with Crippen molar-refractivity contribution in [1.82, 2.24) is 0 Å². The van der Waals surface area contributed by atoms with Gasteiger partial charge in [-0.2, -0.15) is 0 Å². The van der Waals surface area contributed by atoms with Gasteiger partial charge in [0.15, 0.2) is 0 Å². The van der Waals surface area contributed by atoms with Crippen molar-refractivity contribution in [1.29, 1.82) is 0 Å². The minimum Gasteiger partial charge on any atom is -0.326 e. The molecule has 0 aliphatic rings. The molecule has 0 aromatic heterocycles.